The fraction of sp³-hybridized carbons (Fsp3) is 0.114. The SMILES string of the molecule is CC1(C)C2=C(OCC23C=CC(c2c4ccccc4c(-c4ccccc4)c4ccccc24)=CC3)c2ccccc21.CC1(C)c2ccccc2-c2oc3cc(-c4c5ccccc5c(-c5ccc6ccccc6c5)c5ccccc45)ccc3c21. The van der Waals surface area contributed by atoms with Crippen LogP contribution in [0.1, 0.15) is 61.9 Å². The predicted molar refractivity (Wildman–Crippen MR) is 341 cm³/mol. The van der Waals surface area contributed by atoms with Crippen LogP contribution in [0, 0.1) is 5.41 Å². The molecular formula is C79H58O2. The van der Waals surface area contributed by atoms with E-state index in [9.17, 15) is 0 Å². The minimum atomic E-state index is -0.100. The molecule has 0 saturated carbocycles. The number of fused-ring (bicyclic) bond motifs is 13. The number of hydrogen-bond acceptors (Lipinski definition) is 2. The molecule has 1 aliphatic heterocycles. The van der Waals surface area contributed by atoms with Crippen molar-refractivity contribution in [1.82, 2.24) is 0 Å². The third-order valence-electron chi connectivity index (χ3n) is 18.6. The van der Waals surface area contributed by atoms with Crippen molar-refractivity contribution in [3.63, 3.8) is 0 Å². The lowest BCUT2D eigenvalue weighted by Gasteiger charge is -2.36. The fourth-order valence-electron chi connectivity index (χ4n) is 15.1. The normalized spacial score (nSPS) is 17.1. The Hall–Kier alpha value is -9.50. The van der Waals surface area contributed by atoms with Gasteiger partial charge in [0.05, 0.1) is 5.41 Å². The Labute approximate surface area is 472 Å². The first-order valence-corrected chi connectivity index (χ1v) is 28.6. The Balaban J connectivity index is 0.000000134. The van der Waals surface area contributed by atoms with E-state index in [1.807, 2.05) is 0 Å². The lowest BCUT2D eigenvalue weighted by Crippen LogP contribution is -2.32. The van der Waals surface area contributed by atoms with Crippen LogP contribution in [0.25, 0.3) is 121 Å². The first-order chi connectivity index (χ1) is 39.7. The van der Waals surface area contributed by atoms with Gasteiger partial charge in [-0.15, -0.1) is 0 Å². The number of ether oxygens (including phenoxy) is 1. The van der Waals surface area contributed by atoms with Gasteiger partial charge in [-0.25, -0.2) is 0 Å². The van der Waals surface area contributed by atoms with Crippen LogP contribution < -0.4 is 0 Å². The molecule has 2 nitrogen and oxygen atoms in total. The lowest BCUT2D eigenvalue weighted by molar-refractivity contribution is 0.221. The van der Waals surface area contributed by atoms with E-state index >= 15 is 0 Å². The van der Waals surface area contributed by atoms with Gasteiger partial charge in [-0.2, -0.15) is 0 Å². The van der Waals surface area contributed by atoms with Crippen LogP contribution in [-0.2, 0) is 15.6 Å². The van der Waals surface area contributed by atoms with Crippen molar-refractivity contribution in [3.8, 4) is 44.7 Å². The molecule has 0 bridgehead atoms. The first kappa shape index (κ1) is 47.5. The Morgan fingerprint density at radius 1 is 0.383 bits per heavy atom. The first-order valence-electron chi connectivity index (χ1n) is 28.6. The zero-order chi connectivity index (χ0) is 54.2. The Morgan fingerprint density at radius 2 is 0.864 bits per heavy atom. The number of furan rings is 1. The quantitative estimate of drug-likeness (QED) is 0.164. The molecular weight excluding hydrogens is 981 g/mol. The standard InChI is InChI=1S/C41H28O.C38H30O/c1-41(2)35-18-10-9-17-33(35)40-39(41)34-22-21-28(24-36(34)42-40)38-31-15-7-5-13-29(31)37(30-14-6-8-16-32(30)38)27-20-19-25-11-3-4-12-26(25)23-27;1-37(2)32-19-11-10-18-31(32)35-36(37)38(24-39-35)22-20-26(21-23-38)34-29-16-8-6-14-27(29)33(25-12-4-3-5-13-25)28-15-7-9-17-30(28)34/h3-24H,1-2H3;3-22H,23-24H2,1-2H3. The molecule has 2 heterocycles. The summed E-state index contributed by atoms with van der Waals surface area (Å²) in [6.07, 6.45) is 8.23. The summed E-state index contributed by atoms with van der Waals surface area (Å²) in [5.41, 5.74) is 18.8. The summed E-state index contributed by atoms with van der Waals surface area (Å²) in [6, 6.07) is 86.1. The molecule has 1 aromatic heterocycles. The highest BCUT2D eigenvalue weighted by atomic mass is 16.5. The summed E-state index contributed by atoms with van der Waals surface area (Å²) in [4.78, 5) is 0. The minimum Gasteiger partial charge on any atom is -0.492 e. The van der Waals surface area contributed by atoms with Gasteiger partial charge >= 0.3 is 0 Å². The monoisotopic (exact) mass is 1040 g/mol. The van der Waals surface area contributed by atoms with Gasteiger partial charge in [0.15, 0.2) is 0 Å². The average Bonchev–Trinajstić information content (AvgIpc) is 4.40. The number of allylic oxidation sites excluding steroid dienone is 3. The molecule has 3 aliphatic carbocycles. The van der Waals surface area contributed by atoms with E-state index in [0.717, 1.165) is 23.5 Å². The summed E-state index contributed by atoms with van der Waals surface area (Å²) in [5, 5.41) is 14.0. The van der Waals surface area contributed by atoms with Crippen LogP contribution in [0.15, 0.2) is 265 Å². The summed E-state index contributed by atoms with van der Waals surface area (Å²) in [6.45, 7) is 10.1. The van der Waals surface area contributed by atoms with Gasteiger partial charge in [-0.1, -0.05) is 270 Å². The maximum Gasteiger partial charge on any atom is 0.139 e. The number of rotatable bonds is 4. The number of hydrogen-bond donors (Lipinski definition) is 0. The molecule has 12 aromatic carbocycles. The molecule has 0 radical (unpaired) electrons. The molecule has 0 N–H and O–H groups in total. The molecule has 0 fully saturated rings. The van der Waals surface area contributed by atoms with Crippen LogP contribution in [0.5, 0.6) is 0 Å². The molecule has 1 spiro atoms. The second-order valence-corrected chi connectivity index (χ2v) is 23.8. The van der Waals surface area contributed by atoms with Gasteiger partial charge in [0, 0.05) is 32.9 Å². The van der Waals surface area contributed by atoms with Crippen molar-refractivity contribution in [3.05, 3.63) is 288 Å². The van der Waals surface area contributed by atoms with E-state index < -0.39 is 0 Å². The zero-order valence-corrected chi connectivity index (χ0v) is 46.0. The second-order valence-electron chi connectivity index (χ2n) is 23.8. The number of benzene rings is 12. The van der Waals surface area contributed by atoms with Gasteiger partial charge < -0.3 is 9.15 Å². The van der Waals surface area contributed by atoms with Gasteiger partial charge in [0.1, 0.15) is 23.7 Å². The molecule has 4 aliphatic rings. The van der Waals surface area contributed by atoms with E-state index in [1.165, 1.54) is 137 Å². The van der Waals surface area contributed by atoms with Crippen LogP contribution in [-0.4, -0.2) is 6.61 Å². The van der Waals surface area contributed by atoms with Crippen molar-refractivity contribution in [1.29, 1.82) is 0 Å². The molecule has 81 heavy (non-hydrogen) atoms. The van der Waals surface area contributed by atoms with E-state index in [4.69, 9.17) is 9.15 Å². The van der Waals surface area contributed by atoms with Crippen molar-refractivity contribution in [2.24, 2.45) is 5.41 Å². The molecule has 17 rings (SSSR count). The third kappa shape index (κ3) is 6.99. The fourth-order valence-corrected chi connectivity index (χ4v) is 15.1. The van der Waals surface area contributed by atoms with Crippen molar-refractivity contribution in [2.75, 3.05) is 6.61 Å². The molecule has 386 valence electrons. The Kier molecular flexibility index (Phi) is 10.4. The maximum atomic E-state index is 6.69. The van der Waals surface area contributed by atoms with E-state index in [0.29, 0.717) is 6.61 Å². The van der Waals surface area contributed by atoms with Gasteiger partial charge in [0.25, 0.3) is 0 Å². The van der Waals surface area contributed by atoms with Crippen LogP contribution in [0.2, 0.25) is 0 Å². The van der Waals surface area contributed by atoms with E-state index in [-0.39, 0.29) is 16.2 Å². The highest BCUT2D eigenvalue weighted by Crippen LogP contribution is 2.61. The highest BCUT2D eigenvalue weighted by Gasteiger charge is 2.53. The third-order valence-corrected chi connectivity index (χ3v) is 18.6. The molecule has 1 atom stereocenters. The van der Waals surface area contributed by atoms with Crippen LogP contribution >= 0.6 is 0 Å². The highest BCUT2D eigenvalue weighted by molar-refractivity contribution is 6.23. The Bertz CT molecular complexity index is 4790. The van der Waals surface area contributed by atoms with Gasteiger partial charge in [-0.3, -0.25) is 0 Å². The lowest BCUT2D eigenvalue weighted by atomic mass is 9.65. The zero-order valence-electron chi connectivity index (χ0n) is 46.0. The smallest absolute Gasteiger partial charge is 0.139 e. The summed E-state index contributed by atoms with van der Waals surface area (Å²) < 4.78 is 13.2. The van der Waals surface area contributed by atoms with Gasteiger partial charge in [0.2, 0.25) is 0 Å². The topological polar surface area (TPSA) is 22.4 Å². The summed E-state index contributed by atoms with van der Waals surface area (Å²) in [5.74, 6) is 2.13. The summed E-state index contributed by atoms with van der Waals surface area (Å²) in [7, 11) is 0. The largest absolute Gasteiger partial charge is 0.492 e. The van der Waals surface area contributed by atoms with E-state index in [2.05, 4.69) is 283 Å². The Morgan fingerprint density at radius 3 is 1.46 bits per heavy atom. The van der Waals surface area contributed by atoms with Crippen molar-refractivity contribution >= 4 is 76.2 Å². The maximum absolute atomic E-state index is 6.69. The van der Waals surface area contributed by atoms with Crippen LogP contribution in [0.4, 0.5) is 0 Å². The van der Waals surface area contributed by atoms with Crippen molar-refractivity contribution in [2.45, 2.75) is 44.9 Å². The van der Waals surface area contributed by atoms with Gasteiger partial charge in [-0.05, 0) is 134 Å². The molecule has 13 aromatic rings. The molecule has 2 heteroatoms. The second kappa shape index (κ2) is 17.8. The van der Waals surface area contributed by atoms with E-state index in [1.54, 1.807) is 0 Å². The predicted octanol–water partition coefficient (Wildman–Crippen LogP) is 21.3. The van der Waals surface area contributed by atoms with Crippen LogP contribution in [0.3, 0.4) is 0 Å². The minimum absolute atomic E-state index is 0.0468. The molecule has 0 amide bonds. The summed E-state index contributed by atoms with van der Waals surface area (Å²) >= 11 is 0. The molecule has 1 unspecified atom stereocenters. The average molecular weight is 1040 g/mol. The van der Waals surface area contributed by atoms with Crippen molar-refractivity contribution < 1.29 is 9.15 Å². The molecule has 0 saturated heterocycles.